The third kappa shape index (κ3) is 5.43. The van der Waals surface area contributed by atoms with Gasteiger partial charge in [-0.3, -0.25) is 19.3 Å². The van der Waals surface area contributed by atoms with Gasteiger partial charge in [-0.25, -0.2) is 4.79 Å². The number of carbonyl (C=O) groups excluding carboxylic acids is 4. The molecule has 14 nitrogen and oxygen atoms in total. The van der Waals surface area contributed by atoms with Crippen molar-refractivity contribution in [3.63, 3.8) is 0 Å². The van der Waals surface area contributed by atoms with E-state index in [4.69, 9.17) is 18.9 Å². The molecule has 2 aromatic carbocycles. The highest BCUT2D eigenvalue weighted by Crippen LogP contribution is 2.69. The van der Waals surface area contributed by atoms with E-state index < -0.39 is 63.5 Å². The molecule has 61 heavy (non-hydrogen) atoms. The standard InChI is InChI=1S/C47H58N4O10/c1-8-43(56)22-29-23-46(41(54)59-6,37-30(13-17-49(24-29)25-43)31-19-27(3)11-12-34(31)48-37)33-20-32-35(21-36(33)58-5)51(26-52)39-45(32)15-18-50-16-10-14-44(9-2,38(45)50)40(61-28(4)53)47(39,57)42(55)60-7/h10-12,16,19-21,26,29,38-40,48,56-57H,8-9,13-15,17-18,22-25H2,1-7H3/t29-,38+,39-,40-,43+,44-,45-,46+,47+/m1/s1. The first-order chi connectivity index (χ1) is 29.2. The summed E-state index contributed by atoms with van der Waals surface area (Å²) in [5, 5.41) is 26.3. The van der Waals surface area contributed by atoms with E-state index in [0.717, 1.165) is 22.0 Å². The Bertz CT molecular complexity index is 2360. The number of methoxy groups -OCH3 is 3. The fourth-order valence-electron chi connectivity index (χ4n) is 13.6. The number of esters is 3. The number of ether oxygens (including phenoxy) is 4. The van der Waals surface area contributed by atoms with E-state index in [1.165, 1.54) is 33.2 Å². The number of amides is 1. The smallest absolute Gasteiger partial charge is 0.344 e. The van der Waals surface area contributed by atoms with Crippen LogP contribution in [0.4, 0.5) is 5.69 Å². The number of aryl methyl sites for hydroxylation is 1. The third-order valence-corrected chi connectivity index (χ3v) is 15.8. The number of aromatic nitrogens is 1. The number of benzene rings is 2. The first-order valence-electron chi connectivity index (χ1n) is 21.7. The van der Waals surface area contributed by atoms with E-state index in [9.17, 15) is 24.6 Å². The molecule has 3 fully saturated rings. The molecule has 10 atom stereocenters. The van der Waals surface area contributed by atoms with Crippen LogP contribution in [0.2, 0.25) is 0 Å². The van der Waals surface area contributed by atoms with Crippen LogP contribution in [0.1, 0.15) is 87.2 Å². The summed E-state index contributed by atoms with van der Waals surface area (Å²) < 4.78 is 23.8. The zero-order valence-electron chi connectivity index (χ0n) is 36.2. The van der Waals surface area contributed by atoms with Gasteiger partial charge in [-0.2, -0.15) is 0 Å². The van der Waals surface area contributed by atoms with Crippen molar-refractivity contribution in [2.45, 2.75) is 113 Å². The van der Waals surface area contributed by atoms with Gasteiger partial charge in [0.1, 0.15) is 11.2 Å². The number of nitrogens with one attached hydrogen (secondary N) is 1. The number of anilines is 1. The average Bonchev–Trinajstić information content (AvgIpc) is 3.92. The van der Waals surface area contributed by atoms with Crippen molar-refractivity contribution in [2.75, 3.05) is 52.4 Å². The lowest BCUT2D eigenvalue weighted by Crippen LogP contribution is -2.81. The number of fused-ring (bicyclic) bond motifs is 6. The van der Waals surface area contributed by atoms with E-state index in [-0.39, 0.29) is 12.3 Å². The Hall–Kier alpha value is -4.92. The van der Waals surface area contributed by atoms with Gasteiger partial charge in [-0.15, -0.1) is 0 Å². The van der Waals surface area contributed by atoms with E-state index in [2.05, 4.69) is 20.9 Å². The highest BCUT2D eigenvalue weighted by atomic mass is 16.6. The molecule has 14 heteroatoms. The third-order valence-electron chi connectivity index (χ3n) is 15.8. The van der Waals surface area contributed by atoms with E-state index in [0.29, 0.717) is 99.4 Å². The van der Waals surface area contributed by atoms with Gasteiger partial charge >= 0.3 is 17.9 Å². The van der Waals surface area contributed by atoms with E-state index >= 15 is 4.79 Å². The lowest BCUT2D eigenvalue weighted by atomic mass is 9.47. The molecule has 1 spiro atoms. The summed E-state index contributed by atoms with van der Waals surface area (Å²) in [6, 6.07) is 8.20. The van der Waals surface area contributed by atoms with Crippen LogP contribution < -0.4 is 9.64 Å². The summed E-state index contributed by atoms with van der Waals surface area (Å²) >= 11 is 0. The SMILES string of the molecule is CC[C@]1(O)C[C@H]2CN(CCc3c([nH]c4ccc(C)cc34)[C@@](C(=O)OC)(c3cc4c(cc3OC)N(C=O)[C@H]3[C@@](O)(C(=O)OC)[C@H](OC(C)=O)[C@]5(CC)CC=CN6CC[C@]43[C@@H]65)C2)C1. The molecule has 3 N–H and O–H groups in total. The van der Waals surface area contributed by atoms with Crippen LogP contribution in [-0.2, 0) is 50.6 Å². The zero-order chi connectivity index (χ0) is 43.4. The number of hydrogen-bond acceptors (Lipinski definition) is 12. The molecule has 9 rings (SSSR count). The minimum absolute atomic E-state index is 0.158. The molecule has 6 aliphatic rings. The van der Waals surface area contributed by atoms with Crippen molar-refractivity contribution in [1.82, 2.24) is 14.8 Å². The summed E-state index contributed by atoms with van der Waals surface area (Å²) in [5.74, 6) is -2.05. The molecule has 5 aliphatic heterocycles. The minimum Gasteiger partial charge on any atom is -0.496 e. The van der Waals surface area contributed by atoms with Crippen LogP contribution in [0, 0.1) is 18.3 Å². The molecular formula is C47H58N4O10. The second-order valence-corrected chi connectivity index (χ2v) is 18.7. The maximum absolute atomic E-state index is 15.4. The molecule has 2 saturated heterocycles. The van der Waals surface area contributed by atoms with Gasteiger partial charge in [0.2, 0.25) is 12.0 Å². The Morgan fingerprint density at radius 3 is 2.41 bits per heavy atom. The topological polar surface area (TPSA) is 171 Å². The van der Waals surface area contributed by atoms with Crippen molar-refractivity contribution >= 4 is 40.9 Å². The number of aliphatic hydroxyl groups is 2. The fourth-order valence-corrected chi connectivity index (χ4v) is 13.6. The fraction of sp³-hybridized carbons (Fsp3) is 0.574. The van der Waals surface area contributed by atoms with Crippen LogP contribution in [0.5, 0.6) is 5.75 Å². The van der Waals surface area contributed by atoms with Gasteiger partial charge < -0.3 is 43.9 Å². The second kappa shape index (κ2) is 14.3. The highest BCUT2D eigenvalue weighted by molar-refractivity contribution is 5.96. The number of aromatic amines is 1. The Morgan fingerprint density at radius 2 is 1.74 bits per heavy atom. The monoisotopic (exact) mass is 838 g/mol. The summed E-state index contributed by atoms with van der Waals surface area (Å²) in [6.07, 6.45) is 6.32. The number of nitrogens with zero attached hydrogens (tertiary/aromatic N) is 3. The first kappa shape index (κ1) is 41.4. The van der Waals surface area contributed by atoms with Crippen molar-refractivity contribution in [3.8, 4) is 5.75 Å². The molecule has 0 radical (unpaired) electrons. The van der Waals surface area contributed by atoms with Gasteiger partial charge in [0.05, 0.1) is 38.7 Å². The molecular weight excluding hydrogens is 781 g/mol. The van der Waals surface area contributed by atoms with Crippen molar-refractivity contribution in [1.29, 1.82) is 0 Å². The average molecular weight is 839 g/mol. The van der Waals surface area contributed by atoms with Crippen LogP contribution in [0.15, 0.2) is 42.6 Å². The van der Waals surface area contributed by atoms with Crippen LogP contribution >= 0.6 is 0 Å². The van der Waals surface area contributed by atoms with Gasteiger partial charge in [-0.1, -0.05) is 31.6 Å². The van der Waals surface area contributed by atoms with Crippen LogP contribution in [-0.4, -0.2) is 126 Å². The molecule has 1 aliphatic carbocycles. The van der Waals surface area contributed by atoms with Crippen molar-refractivity contribution in [2.24, 2.45) is 11.3 Å². The first-order valence-corrected chi connectivity index (χ1v) is 21.7. The molecule has 6 heterocycles. The molecule has 1 aromatic heterocycles. The number of H-pyrrole nitrogens is 1. The highest BCUT2D eigenvalue weighted by Gasteiger charge is 2.81. The summed E-state index contributed by atoms with van der Waals surface area (Å²) in [6.45, 7) is 9.64. The number of carbonyl (C=O) groups is 4. The number of rotatable bonds is 8. The largest absolute Gasteiger partial charge is 0.496 e. The van der Waals surface area contributed by atoms with Crippen molar-refractivity contribution < 1.29 is 48.3 Å². The molecule has 1 saturated carbocycles. The normalized spacial score (nSPS) is 35.8. The Labute approximate surface area is 356 Å². The number of hydrogen-bond donors (Lipinski definition) is 3. The van der Waals surface area contributed by atoms with Gasteiger partial charge in [0.15, 0.2) is 6.10 Å². The predicted octanol–water partition coefficient (Wildman–Crippen LogP) is 4.17. The second-order valence-electron chi connectivity index (χ2n) is 18.7. The Morgan fingerprint density at radius 1 is 0.967 bits per heavy atom. The summed E-state index contributed by atoms with van der Waals surface area (Å²) in [5.41, 5.74) is -1.96. The predicted molar refractivity (Wildman–Crippen MR) is 225 cm³/mol. The van der Waals surface area contributed by atoms with Crippen LogP contribution in [0.25, 0.3) is 10.9 Å². The molecule has 2 bridgehead atoms. The molecule has 3 aromatic rings. The summed E-state index contributed by atoms with van der Waals surface area (Å²) in [4.78, 5) is 66.2. The maximum atomic E-state index is 15.4. The molecule has 326 valence electrons. The van der Waals surface area contributed by atoms with Gasteiger partial charge in [0.25, 0.3) is 0 Å². The van der Waals surface area contributed by atoms with E-state index in [1.54, 1.807) is 6.07 Å². The van der Waals surface area contributed by atoms with Gasteiger partial charge in [-0.05, 0) is 93.3 Å². The molecule has 1 unspecified atom stereocenters. The quantitative estimate of drug-likeness (QED) is 0.168. The van der Waals surface area contributed by atoms with Crippen LogP contribution in [0.3, 0.4) is 0 Å². The van der Waals surface area contributed by atoms with Crippen molar-refractivity contribution in [3.05, 3.63) is 70.6 Å². The Kier molecular flexibility index (Phi) is 9.72. The number of allylic oxidation sites excluding steroid dienone is 1. The summed E-state index contributed by atoms with van der Waals surface area (Å²) in [7, 11) is 4.10. The minimum atomic E-state index is -2.52. The van der Waals surface area contributed by atoms with Gasteiger partial charge in [0, 0.05) is 78.2 Å². The molecule has 1 amide bonds. The number of piperidine rings is 1. The zero-order valence-corrected chi connectivity index (χ0v) is 36.2. The maximum Gasteiger partial charge on any atom is 0.344 e. The van der Waals surface area contributed by atoms with E-state index in [1.807, 2.05) is 51.2 Å². The lowest BCUT2D eigenvalue weighted by molar-refractivity contribution is -0.235. The Balaban J connectivity index is 1.38. The lowest BCUT2D eigenvalue weighted by Gasteiger charge is -2.63.